The van der Waals surface area contributed by atoms with E-state index in [1.165, 1.54) is 12.1 Å². The number of fused-ring (bicyclic) bond motifs is 1. The van der Waals surface area contributed by atoms with Gasteiger partial charge in [-0.1, -0.05) is 11.3 Å². The molecule has 0 fully saturated rings. The first-order chi connectivity index (χ1) is 9.36. The highest BCUT2D eigenvalue weighted by atomic mass is 32.1. The zero-order valence-electron chi connectivity index (χ0n) is 10.0. The molecule has 0 unspecified atom stereocenters. The van der Waals surface area contributed by atoms with Crippen LogP contribution < -0.4 is 0 Å². The molecule has 0 radical (unpaired) electrons. The normalized spacial score (nSPS) is 12.2. The topological polar surface area (TPSA) is 63.3 Å². The third kappa shape index (κ3) is 1.99. The van der Waals surface area contributed by atoms with Gasteiger partial charge in [0.1, 0.15) is 10.8 Å². The number of phenols is 1. The molecule has 0 spiro atoms. The number of hydrogen-bond donors (Lipinski definition) is 1. The summed E-state index contributed by atoms with van der Waals surface area (Å²) in [5, 5.41) is 20.2. The molecule has 0 atom stereocenters. The number of aromatic hydroxyl groups is 1. The summed E-state index contributed by atoms with van der Waals surface area (Å²) in [4.78, 5) is 0.0693. The van der Waals surface area contributed by atoms with E-state index in [0.717, 1.165) is 11.3 Å². The van der Waals surface area contributed by atoms with Gasteiger partial charge in [0.25, 0.3) is 5.82 Å². The molecule has 2 heterocycles. The summed E-state index contributed by atoms with van der Waals surface area (Å²) >= 11 is 1.00. The minimum Gasteiger partial charge on any atom is -0.508 e. The number of halogens is 3. The van der Waals surface area contributed by atoms with Crippen molar-refractivity contribution in [2.24, 2.45) is 0 Å². The molecule has 20 heavy (non-hydrogen) atoms. The van der Waals surface area contributed by atoms with Crippen LogP contribution in [0.25, 0.3) is 15.5 Å². The van der Waals surface area contributed by atoms with Gasteiger partial charge in [0, 0.05) is 5.56 Å². The van der Waals surface area contributed by atoms with Gasteiger partial charge in [-0.05, 0) is 30.7 Å². The van der Waals surface area contributed by atoms with E-state index >= 15 is 0 Å². The van der Waals surface area contributed by atoms with Gasteiger partial charge in [0.15, 0.2) is 0 Å². The average molecular weight is 300 g/mol. The Bertz CT molecular complexity index is 793. The Balaban J connectivity index is 2.16. The maximum absolute atomic E-state index is 12.7. The average Bonchev–Trinajstić information content (AvgIpc) is 2.86. The molecule has 0 amide bonds. The van der Waals surface area contributed by atoms with Crippen LogP contribution in [0.4, 0.5) is 13.2 Å². The molecule has 1 N–H and O–H groups in total. The van der Waals surface area contributed by atoms with Gasteiger partial charge < -0.3 is 5.11 Å². The first-order valence-electron chi connectivity index (χ1n) is 5.45. The van der Waals surface area contributed by atoms with Crippen molar-refractivity contribution in [3.8, 4) is 16.3 Å². The molecule has 0 aliphatic heterocycles. The van der Waals surface area contributed by atoms with Gasteiger partial charge >= 0.3 is 6.18 Å². The minimum atomic E-state index is -4.60. The second kappa shape index (κ2) is 4.17. The summed E-state index contributed by atoms with van der Waals surface area (Å²) in [7, 11) is 0. The van der Waals surface area contributed by atoms with Crippen LogP contribution in [0, 0.1) is 6.92 Å². The van der Waals surface area contributed by atoms with E-state index in [1.54, 1.807) is 13.0 Å². The lowest BCUT2D eigenvalue weighted by atomic mass is 10.1. The molecule has 0 aliphatic carbocycles. The number of phenolic OH excluding ortho intramolecular Hbond substituents is 1. The quantitative estimate of drug-likeness (QED) is 0.750. The molecule has 104 valence electrons. The summed E-state index contributed by atoms with van der Waals surface area (Å²) in [5.41, 5.74) is 1.36. The van der Waals surface area contributed by atoms with Gasteiger partial charge in [0.05, 0.1) is 0 Å². The first kappa shape index (κ1) is 12.9. The lowest BCUT2D eigenvalue weighted by Gasteiger charge is -2.02. The Hall–Kier alpha value is -2.16. The van der Waals surface area contributed by atoms with E-state index in [0.29, 0.717) is 20.6 Å². The van der Waals surface area contributed by atoms with Crippen molar-refractivity contribution in [2.45, 2.75) is 13.1 Å². The molecule has 0 aliphatic rings. The number of alkyl halides is 3. The standard InChI is InChI=1S/C11H7F3N4OS/c1-5-4-6(19)2-3-7(5)8-17-18-9(11(12,13)14)15-16-10(18)20-8/h2-4,19H,1H3. The summed E-state index contributed by atoms with van der Waals surface area (Å²) in [6.07, 6.45) is -4.60. The van der Waals surface area contributed by atoms with Crippen LogP contribution in [0.15, 0.2) is 18.2 Å². The molecule has 9 heteroatoms. The fourth-order valence-corrected chi connectivity index (χ4v) is 2.72. The lowest BCUT2D eigenvalue weighted by molar-refractivity contribution is -0.146. The van der Waals surface area contributed by atoms with Gasteiger partial charge in [-0.25, -0.2) is 0 Å². The number of aromatic nitrogens is 4. The van der Waals surface area contributed by atoms with Crippen molar-refractivity contribution in [1.82, 2.24) is 19.8 Å². The Labute approximate surface area is 114 Å². The second-order valence-corrected chi connectivity index (χ2v) is 5.08. The molecule has 5 nitrogen and oxygen atoms in total. The van der Waals surface area contributed by atoms with Crippen LogP contribution in [0.1, 0.15) is 11.4 Å². The number of benzene rings is 1. The number of aryl methyl sites for hydroxylation is 1. The van der Waals surface area contributed by atoms with Crippen LogP contribution >= 0.6 is 11.3 Å². The van der Waals surface area contributed by atoms with Gasteiger partial charge in [-0.15, -0.1) is 10.2 Å². The Morgan fingerprint density at radius 3 is 2.65 bits per heavy atom. The highest BCUT2D eigenvalue weighted by Crippen LogP contribution is 2.33. The lowest BCUT2D eigenvalue weighted by Crippen LogP contribution is -2.11. The second-order valence-electron chi connectivity index (χ2n) is 4.12. The Kier molecular flexibility index (Phi) is 2.68. The summed E-state index contributed by atoms with van der Waals surface area (Å²) < 4.78 is 38.8. The molecule has 2 aromatic heterocycles. The third-order valence-electron chi connectivity index (χ3n) is 2.68. The van der Waals surface area contributed by atoms with E-state index in [9.17, 15) is 18.3 Å². The first-order valence-corrected chi connectivity index (χ1v) is 6.27. The van der Waals surface area contributed by atoms with Gasteiger partial charge in [0.2, 0.25) is 4.96 Å². The largest absolute Gasteiger partial charge is 0.508 e. The smallest absolute Gasteiger partial charge is 0.453 e. The number of rotatable bonds is 1. The molecule has 0 saturated heterocycles. The predicted octanol–water partition coefficient (Wildman–Crippen LogP) is 2.89. The van der Waals surface area contributed by atoms with Crippen LogP contribution in [0.2, 0.25) is 0 Å². The monoisotopic (exact) mass is 300 g/mol. The summed E-state index contributed by atoms with van der Waals surface area (Å²) in [5.74, 6) is -1.06. The van der Waals surface area contributed by atoms with E-state index in [1.807, 2.05) is 0 Å². The SMILES string of the molecule is Cc1cc(O)ccc1-c1nn2c(C(F)(F)F)nnc2s1. The van der Waals surface area contributed by atoms with Crippen molar-refractivity contribution < 1.29 is 18.3 Å². The Morgan fingerprint density at radius 2 is 2.00 bits per heavy atom. The molecule has 3 rings (SSSR count). The third-order valence-corrected chi connectivity index (χ3v) is 3.62. The van der Waals surface area contributed by atoms with Crippen molar-refractivity contribution in [2.75, 3.05) is 0 Å². The molecule has 1 aromatic carbocycles. The van der Waals surface area contributed by atoms with Crippen molar-refractivity contribution in [3.05, 3.63) is 29.6 Å². The summed E-state index contributed by atoms with van der Waals surface area (Å²) in [6, 6.07) is 4.57. The van der Waals surface area contributed by atoms with Crippen LogP contribution in [0.3, 0.4) is 0 Å². The van der Waals surface area contributed by atoms with Crippen molar-refractivity contribution >= 4 is 16.3 Å². The highest BCUT2D eigenvalue weighted by molar-refractivity contribution is 7.19. The van der Waals surface area contributed by atoms with E-state index < -0.39 is 12.0 Å². The molecular formula is C11H7F3N4OS. The van der Waals surface area contributed by atoms with Crippen LogP contribution in [0.5, 0.6) is 5.75 Å². The van der Waals surface area contributed by atoms with Crippen molar-refractivity contribution in [1.29, 1.82) is 0 Å². The zero-order valence-corrected chi connectivity index (χ0v) is 10.8. The number of hydrogen-bond acceptors (Lipinski definition) is 5. The van der Waals surface area contributed by atoms with E-state index in [2.05, 4.69) is 15.3 Å². The van der Waals surface area contributed by atoms with E-state index in [4.69, 9.17) is 0 Å². The molecule has 3 aromatic rings. The summed E-state index contributed by atoms with van der Waals surface area (Å²) in [6.45, 7) is 1.74. The maximum Gasteiger partial charge on any atom is 0.453 e. The van der Waals surface area contributed by atoms with Crippen LogP contribution in [-0.2, 0) is 6.18 Å². The maximum atomic E-state index is 12.7. The fourth-order valence-electron chi connectivity index (χ4n) is 1.79. The Morgan fingerprint density at radius 1 is 1.25 bits per heavy atom. The van der Waals surface area contributed by atoms with Crippen molar-refractivity contribution in [3.63, 3.8) is 0 Å². The molecule has 0 saturated carbocycles. The van der Waals surface area contributed by atoms with E-state index in [-0.39, 0.29) is 10.7 Å². The molecule has 0 bridgehead atoms. The van der Waals surface area contributed by atoms with Gasteiger partial charge in [-0.2, -0.15) is 22.8 Å². The fraction of sp³-hybridized carbons (Fsp3) is 0.182. The highest BCUT2D eigenvalue weighted by Gasteiger charge is 2.38. The predicted molar refractivity (Wildman–Crippen MR) is 65.5 cm³/mol. The minimum absolute atomic E-state index is 0.0693. The number of nitrogens with zero attached hydrogens (tertiary/aromatic N) is 4. The van der Waals surface area contributed by atoms with Gasteiger partial charge in [-0.3, -0.25) is 0 Å². The van der Waals surface area contributed by atoms with Crippen LogP contribution in [-0.4, -0.2) is 24.9 Å². The zero-order chi connectivity index (χ0) is 14.5. The molecular weight excluding hydrogens is 293 g/mol.